The monoisotopic (exact) mass is 491 g/mol. The highest BCUT2D eigenvalue weighted by Gasteiger charge is 2.43. The summed E-state index contributed by atoms with van der Waals surface area (Å²) in [6.07, 6.45) is 10.5. The quantitative estimate of drug-likeness (QED) is 0.205. The molecule has 2 atom stereocenters. The van der Waals surface area contributed by atoms with Gasteiger partial charge in [0.05, 0.1) is 13.1 Å². The van der Waals surface area contributed by atoms with Crippen molar-refractivity contribution >= 4 is 17.6 Å². The maximum Gasteiger partial charge on any atom is 0.308 e. The maximum atomic E-state index is 13.8. The van der Waals surface area contributed by atoms with Crippen LogP contribution in [0.3, 0.4) is 0 Å². The zero-order valence-electron chi connectivity index (χ0n) is 22.1. The van der Waals surface area contributed by atoms with Crippen molar-refractivity contribution in [3.8, 4) is 23.8 Å². The average molecular weight is 492 g/mol. The van der Waals surface area contributed by atoms with Gasteiger partial charge in [0, 0.05) is 24.6 Å². The van der Waals surface area contributed by atoms with Gasteiger partial charge in [-0.25, -0.2) is 0 Å². The number of unbranched alkanes of at least 4 members (excludes halogenated alkanes) is 1. The summed E-state index contributed by atoms with van der Waals surface area (Å²) < 4.78 is 11.7. The lowest BCUT2D eigenvalue weighted by Crippen LogP contribution is -2.62. The first-order valence-corrected chi connectivity index (χ1v) is 12.9. The minimum absolute atomic E-state index is 0.0777. The van der Waals surface area contributed by atoms with Gasteiger partial charge in [-0.15, -0.1) is 6.42 Å². The summed E-state index contributed by atoms with van der Waals surface area (Å²) in [5.74, 6) is 2.94. The molecule has 0 spiro atoms. The van der Waals surface area contributed by atoms with Crippen molar-refractivity contribution in [3.05, 3.63) is 53.1 Å². The van der Waals surface area contributed by atoms with E-state index in [1.165, 1.54) is 6.92 Å². The van der Waals surface area contributed by atoms with Crippen LogP contribution in [0.5, 0.6) is 11.5 Å². The number of hydrogen-bond donors (Lipinski definition) is 1. The Balaban J connectivity index is 1.94. The molecule has 1 heterocycles. The summed E-state index contributed by atoms with van der Waals surface area (Å²) in [6.45, 7) is 10.2. The van der Waals surface area contributed by atoms with Gasteiger partial charge >= 0.3 is 5.97 Å². The van der Waals surface area contributed by atoms with Gasteiger partial charge in [-0.1, -0.05) is 37.5 Å². The Labute approximate surface area is 215 Å². The second-order valence-corrected chi connectivity index (χ2v) is 9.81. The van der Waals surface area contributed by atoms with E-state index in [0.29, 0.717) is 22.5 Å². The van der Waals surface area contributed by atoms with Crippen LogP contribution in [0.15, 0.2) is 36.4 Å². The van der Waals surface area contributed by atoms with Gasteiger partial charge in [-0.3, -0.25) is 9.59 Å². The van der Waals surface area contributed by atoms with Gasteiger partial charge < -0.3 is 19.3 Å². The number of nitrogens with zero attached hydrogens (tertiary/aromatic N) is 1. The van der Waals surface area contributed by atoms with Crippen molar-refractivity contribution < 1.29 is 23.5 Å². The molecule has 3 rings (SSSR count). The normalized spacial score (nSPS) is 19.2. The van der Waals surface area contributed by atoms with E-state index in [9.17, 15) is 9.59 Å². The Morgan fingerprint density at radius 1 is 1.14 bits per heavy atom. The number of rotatable bonds is 10. The van der Waals surface area contributed by atoms with Crippen LogP contribution in [0.4, 0.5) is 5.69 Å². The third-order valence-electron chi connectivity index (χ3n) is 7.05. The number of carbonyl (C=O) groups is 2. The number of nitrogens with one attached hydrogen (secondary N) is 1. The van der Waals surface area contributed by atoms with E-state index in [1.54, 1.807) is 6.07 Å². The zero-order chi connectivity index (χ0) is 26.1. The molecule has 0 aliphatic carbocycles. The molecular weight excluding hydrogens is 452 g/mol. The third kappa shape index (κ3) is 6.67. The molecule has 1 saturated heterocycles. The van der Waals surface area contributed by atoms with E-state index in [1.807, 2.05) is 44.2 Å². The summed E-state index contributed by atoms with van der Waals surface area (Å²) in [7, 11) is 0. The van der Waals surface area contributed by atoms with E-state index in [-0.39, 0.29) is 18.6 Å². The number of likely N-dealkylation sites (tertiary alicyclic amines) is 1. The van der Waals surface area contributed by atoms with Crippen molar-refractivity contribution in [2.24, 2.45) is 0 Å². The van der Waals surface area contributed by atoms with Gasteiger partial charge in [-0.05, 0) is 62.4 Å². The highest BCUT2D eigenvalue weighted by molar-refractivity contribution is 5.95. The molecular formula is C30H39N2O4+. The lowest BCUT2D eigenvalue weighted by molar-refractivity contribution is -0.959. The Hall–Kier alpha value is -3.30. The van der Waals surface area contributed by atoms with Crippen molar-refractivity contribution in [3.63, 3.8) is 0 Å². The number of ether oxygens (including phenoxy) is 2. The molecule has 2 unspecified atom stereocenters. The molecule has 1 N–H and O–H groups in total. The SMILES string of the molecule is C#CCOc1cc(C[N+]2(CCCC)CCCCC2C(=O)Nc2c(C)cccc2C)ccc1OC(C)=O. The van der Waals surface area contributed by atoms with Gasteiger partial charge in [-0.2, -0.15) is 0 Å². The molecule has 0 bridgehead atoms. The Morgan fingerprint density at radius 3 is 2.56 bits per heavy atom. The fraction of sp³-hybridized carbons (Fsp3) is 0.467. The first-order valence-electron chi connectivity index (χ1n) is 12.9. The summed E-state index contributed by atoms with van der Waals surface area (Å²) in [4.78, 5) is 25.4. The molecule has 0 saturated carbocycles. The molecule has 0 aromatic heterocycles. The van der Waals surface area contributed by atoms with Crippen LogP contribution >= 0.6 is 0 Å². The number of benzene rings is 2. The third-order valence-corrected chi connectivity index (χ3v) is 7.05. The van der Waals surface area contributed by atoms with Crippen LogP contribution in [0, 0.1) is 26.2 Å². The summed E-state index contributed by atoms with van der Waals surface area (Å²) in [5, 5.41) is 3.28. The topological polar surface area (TPSA) is 64.6 Å². The zero-order valence-corrected chi connectivity index (χ0v) is 22.1. The van der Waals surface area contributed by atoms with Gasteiger partial charge in [0.25, 0.3) is 5.91 Å². The van der Waals surface area contributed by atoms with Crippen molar-refractivity contribution in [1.82, 2.24) is 0 Å². The van der Waals surface area contributed by atoms with Crippen molar-refractivity contribution in [2.45, 2.75) is 72.4 Å². The van der Waals surface area contributed by atoms with E-state index in [2.05, 4.69) is 18.2 Å². The standard InChI is InChI=1S/C30H38N2O4/c1-6-8-17-32(21-25-15-16-27(36-24(5)33)28(20-25)35-19-7-2)18-10-9-14-26(32)30(34)31-29-22(3)12-11-13-23(29)4/h2,11-13,15-16,20,26H,6,8-10,14,17-19,21H2,1,3-5H3/p+1. The van der Waals surface area contributed by atoms with Crippen LogP contribution in [0.2, 0.25) is 0 Å². The number of anilines is 1. The smallest absolute Gasteiger partial charge is 0.308 e. The minimum Gasteiger partial charge on any atom is -0.477 e. The molecule has 1 fully saturated rings. The summed E-state index contributed by atoms with van der Waals surface area (Å²) >= 11 is 0. The predicted octanol–water partition coefficient (Wildman–Crippen LogP) is 5.55. The highest BCUT2D eigenvalue weighted by Crippen LogP contribution is 2.35. The van der Waals surface area contributed by atoms with Gasteiger partial charge in [0.15, 0.2) is 17.5 Å². The largest absolute Gasteiger partial charge is 0.477 e. The van der Waals surface area contributed by atoms with Crippen molar-refractivity contribution in [1.29, 1.82) is 0 Å². The second-order valence-electron chi connectivity index (χ2n) is 9.81. The first kappa shape index (κ1) is 27.3. The second kappa shape index (κ2) is 12.6. The van der Waals surface area contributed by atoms with Crippen LogP contribution in [-0.4, -0.2) is 42.1 Å². The fourth-order valence-electron chi connectivity index (χ4n) is 5.29. The first-order chi connectivity index (χ1) is 17.3. The molecule has 2 aromatic rings. The van der Waals surface area contributed by atoms with Crippen LogP contribution < -0.4 is 14.8 Å². The number of amides is 1. The number of para-hydroxylation sites is 1. The molecule has 1 aliphatic rings. The number of esters is 1. The Morgan fingerprint density at radius 2 is 1.89 bits per heavy atom. The van der Waals surface area contributed by atoms with E-state index in [4.69, 9.17) is 15.9 Å². The van der Waals surface area contributed by atoms with E-state index < -0.39 is 5.97 Å². The van der Waals surface area contributed by atoms with Crippen LogP contribution in [0.25, 0.3) is 0 Å². The Kier molecular flexibility index (Phi) is 9.55. The molecule has 0 radical (unpaired) electrons. The molecule has 36 heavy (non-hydrogen) atoms. The van der Waals surface area contributed by atoms with E-state index in [0.717, 1.165) is 67.6 Å². The van der Waals surface area contributed by atoms with Crippen LogP contribution in [-0.2, 0) is 16.1 Å². The summed E-state index contributed by atoms with van der Waals surface area (Å²) in [5.41, 5.74) is 4.09. The number of hydrogen-bond acceptors (Lipinski definition) is 4. The number of terminal acetylenes is 1. The lowest BCUT2D eigenvalue weighted by Gasteiger charge is -2.47. The predicted molar refractivity (Wildman–Crippen MR) is 143 cm³/mol. The molecule has 1 amide bonds. The van der Waals surface area contributed by atoms with Gasteiger partial charge in [0.2, 0.25) is 0 Å². The lowest BCUT2D eigenvalue weighted by atomic mass is 9.94. The van der Waals surface area contributed by atoms with E-state index >= 15 is 0 Å². The van der Waals surface area contributed by atoms with Gasteiger partial charge in [0.1, 0.15) is 13.2 Å². The molecule has 6 heteroatoms. The molecule has 1 aliphatic heterocycles. The number of piperidine rings is 1. The maximum absolute atomic E-state index is 13.8. The number of carbonyl (C=O) groups excluding carboxylic acids is 2. The number of quaternary nitrogens is 1. The van der Waals surface area contributed by atoms with Crippen molar-refractivity contribution in [2.75, 3.05) is 25.0 Å². The highest BCUT2D eigenvalue weighted by atomic mass is 16.6. The summed E-state index contributed by atoms with van der Waals surface area (Å²) in [6, 6.07) is 11.6. The Bertz CT molecular complexity index is 1100. The molecule has 2 aromatic carbocycles. The van der Waals surface area contributed by atoms with Crippen LogP contribution in [0.1, 0.15) is 62.6 Å². The average Bonchev–Trinajstić information content (AvgIpc) is 2.85. The fourth-order valence-corrected chi connectivity index (χ4v) is 5.29. The molecule has 6 nitrogen and oxygen atoms in total. The minimum atomic E-state index is -0.418. The number of aryl methyl sites for hydroxylation is 2. The molecule has 192 valence electrons.